The van der Waals surface area contributed by atoms with Gasteiger partial charge in [-0.15, -0.1) is 0 Å². The van der Waals surface area contributed by atoms with E-state index in [1.807, 2.05) is 24.3 Å². The van der Waals surface area contributed by atoms with Gasteiger partial charge in [0.15, 0.2) is 10.3 Å². The smallest absolute Gasteiger partial charge is 0.198 e. The van der Waals surface area contributed by atoms with Gasteiger partial charge >= 0.3 is 0 Å². The fourth-order valence-corrected chi connectivity index (χ4v) is 1.80. The lowest BCUT2D eigenvalue weighted by Gasteiger charge is -2.04. The van der Waals surface area contributed by atoms with E-state index in [0.717, 1.165) is 22.6 Å². The first-order valence-electron chi connectivity index (χ1n) is 4.76. The zero-order valence-electron chi connectivity index (χ0n) is 8.74. The molecule has 1 aromatic carbocycles. The van der Waals surface area contributed by atoms with Gasteiger partial charge in [0, 0.05) is 7.97 Å². The number of anilines is 1. The third kappa shape index (κ3) is 3.71. The van der Waals surface area contributed by atoms with Crippen LogP contribution in [0.2, 0.25) is 0 Å². The molecular formula is C12H17FN2OS. The van der Waals surface area contributed by atoms with Gasteiger partial charge in [-0.05, 0) is 17.7 Å². The van der Waals surface area contributed by atoms with Gasteiger partial charge in [-0.25, -0.2) is 4.98 Å². The van der Waals surface area contributed by atoms with Gasteiger partial charge in [0.2, 0.25) is 0 Å². The van der Waals surface area contributed by atoms with Crippen molar-refractivity contribution in [1.82, 2.24) is 4.98 Å². The van der Waals surface area contributed by atoms with E-state index in [2.05, 4.69) is 10.3 Å². The Morgan fingerprint density at radius 2 is 2.12 bits per heavy atom. The van der Waals surface area contributed by atoms with Gasteiger partial charge in [-0.2, -0.15) is 4.39 Å². The minimum atomic E-state index is -0.280. The maximum absolute atomic E-state index is 12.7. The molecule has 0 amide bonds. The number of nitrogens with one attached hydrogen (secondary N) is 1. The monoisotopic (exact) mass is 256 g/mol. The maximum Gasteiger partial charge on any atom is 0.198 e. The molecule has 2 rings (SSSR count). The van der Waals surface area contributed by atoms with Crippen molar-refractivity contribution in [1.29, 1.82) is 0 Å². The molecule has 1 aromatic heterocycles. The topological polar surface area (TPSA) is 34.1 Å². The highest BCUT2D eigenvalue weighted by Gasteiger charge is 2.00. The summed E-state index contributed by atoms with van der Waals surface area (Å²) in [7, 11) is 1.63. The van der Waals surface area contributed by atoms with E-state index >= 15 is 0 Å². The number of methoxy groups -OCH3 is 1. The largest absolute Gasteiger partial charge is 0.497 e. The molecule has 1 heterocycles. The molecule has 1 N–H and O–H groups in total. The number of ether oxygens (including phenoxy) is 1. The Labute approximate surface area is 106 Å². The first-order chi connectivity index (χ1) is 7.78. The van der Waals surface area contributed by atoms with Crippen LogP contribution >= 0.6 is 11.3 Å². The number of benzene rings is 1. The number of rotatable bonds is 4. The van der Waals surface area contributed by atoms with E-state index < -0.39 is 0 Å². The standard InChI is InChI=1S/C11H11FN2OS.CH4.H2/c1-15-9-4-2-8(3-5-9)6-13-11-14-7-10(12)16-11;;/h2-5,7H,6H2,1H3,(H,13,14);1H4;1H. The molecule has 0 saturated heterocycles. The average molecular weight is 256 g/mol. The molecule has 0 aliphatic heterocycles. The summed E-state index contributed by atoms with van der Waals surface area (Å²) in [4.78, 5) is 3.87. The maximum atomic E-state index is 12.7. The molecule has 3 nitrogen and oxygen atoms in total. The van der Waals surface area contributed by atoms with Crippen molar-refractivity contribution in [2.24, 2.45) is 0 Å². The molecule has 0 saturated carbocycles. The Balaban J connectivity index is 0.00000144. The fourth-order valence-electron chi connectivity index (χ4n) is 1.26. The fraction of sp³-hybridized carbons (Fsp3) is 0.250. The third-order valence-corrected chi connectivity index (χ3v) is 2.82. The summed E-state index contributed by atoms with van der Waals surface area (Å²) in [5.74, 6) is 0.823. The van der Waals surface area contributed by atoms with Crippen molar-refractivity contribution in [3.05, 3.63) is 41.2 Å². The molecule has 0 spiro atoms. The van der Waals surface area contributed by atoms with Crippen LogP contribution in [0.3, 0.4) is 0 Å². The van der Waals surface area contributed by atoms with Gasteiger partial charge < -0.3 is 10.1 Å². The van der Waals surface area contributed by atoms with Crippen molar-refractivity contribution < 1.29 is 10.6 Å². The Kier molecular flexibility index (Phi) is 4.90. The number of hydrogen-bond donors (Lipinski definition) is 1. The average Bonchev–Trinajstić information content (AvgIpc) is 2.73. The van der Waals surface area contributed by atoms with E-state index in [9.17, 15) is 4.39 Å². The highest BCUT2D eigenvalue weighted by atomic mass is 32.1. The second kappa shape index (κ2) is 6.20. The normalized spacial score (nSPS) is 9.53. The molecular weight excluding hydrogens is 239 g/mol. The molecule has 0 aliphatic rings. The lowest BCUT2D eigenvalue weighted by molar-refractivity contribution is 0.414. The van der Waals surface area contributed by atoms with Crippen LogP contribution in [0.5, 0.6) is 5.75 Å². The number of aromatic nitrogens is 1. The van der Waals surface area contributed by atoms with Crippen LogP contribution in [0.15, 0.2) is 30.5 Å². The summed E-state index contributed by atoms with van der Waals surface area (Å²) in [6, 6.07) is 7.69. The Morgan fingerprint density at radius 3 is 2.65 bits per heavy atom. The second-order valence-corrected chi connectivity index (χ2v) is 4.15. The molecule has 94 valence electrons. The molecule has 5 heteroatoms. The predicted molar refractivity (Wildman–Crippen MR) is 71.2 cm³/mol. The van der Waals surface area contributed by atoms with Crippen LogP contribution in [0.4, 0.5) is 9.52 Å². The highest BCUT2D eigenvalue weighted by molar-refractivity contribution is 7.13. The van der Waals surface area contributed by atoms with E-state index in [4.69, 9.17) is 4.74 Å². The molecule has 0 aliphatic carbocycles. The van der Waals surface area contributed by atoms with Crippen LogP contribution < -0.4 is 10.1 Å². The Bertz CT molecular complexity index is 461. The van der Waals surface area contributed by atoms with E-state index in [0.29, 0.717) is 11.7 Å². The summed E-state index contributed by atoms with van der Waals surface area (Å²) in [6.45, 7) is 0.622. The molecule has 0 atom stereocenters. The summed E-state index contributed by atoms with van der Waals surface area (Å²) >= 11 is 1.00. The Hall–Kier alpha value is -1.62. The summed E-state index contributed by atoms with van der Waals surface area (Å²) in [5.41, 5.74) is 1.09. The molecule has 0 unspecified atom stereocenters. The minimum absolute atomic E-state index is 0. The first kappa shape index (κ1) is 13.4. The lowest BCUT2D eigenvalue weighted by Crippen LogP contribution is -1.98. The second-order valence-electron chi connectivity index (χ2n) is 3.17. The van der Waals surface area contributed by atoms with Gasteiger partial charge in [-0.3, -0.25) is 0 Å². The van der Waals surface area contributed by atoms with Gasteiger partial charge in [-0.1, -0.05) is 30.9 Å². The zero-order valence-corrected chi connectivity index (χ0v) is 9.55. The van der Waals surface area contributed by atoms with E-state index in [-0.39, 0.29) is 14.0 Å². The van der Waals surface area contributed by atoms with Crippen LogP contribution in [0.25, 0.3) is 0 Å². The number of halogens is 1. The van der Waals surface area contributed by atoms with Crippen LogP contribution in [0.1, 0.15) is 14.4 Å². The van der Waals surface area contributed by atoms with Crippen molar-refractivity contribution >= 4 is 16.5 Å². The number of hydrogen-bond acceptors (Lipinski definition) is 4. The van der Waals surface area contributed by atoms with E-state index in [1.165, 1.54) is 6.20 Å². The minimum Gasteiger partial charge on any atom is -0.497 e. The quantitative estimate of drug-likeness (QED) is 0.903. The SMILES string of the molecule is C.COc1ccc(CNc2ncc(F)s2)cc1.[HH]. The molecule has 17 heavy (non-hydrogen) atoms. The van der Waals surface area contributed by atoms with Crippen molar-refractivity contribution in [3.63, 3.8) is 0 Å². The van der Waals surface area contributed by atoms with Crippen molar-refractivity contribution in [3.8, 4) is 5.75 Å². The first-order valence-corrected chi connectivity index (χ1v) is 5.58. The van der Waals surface area contributed by atoms with Crippen LogP contribution in [0, 0.1) is 5.13 Å². The number of nitrogens with zero attached hydrogens (tertiary/aromatic N) is 1. The van der Waals surface area contributed by atoms with E-state index in [1.54, 1.807) is 7.11 Å². The zero-order chi connectivity index (χ0) is 11.4. The van der Waals surface area contributed by atoms with Gasteiger partial charge in [0.05, 0.1) is 13.3 Å². The molecule has 0 bridgehead atoms. The van der Waals surface area contributed by atoms with Crippen LogP contribution in [-0.4, -0.2) is 12.1 Å². The van der Waals surface area contributed by atoms with Crippen molar-refractivity contribution in [2.45, 2.75) is 14.0 Å². The van der Waals surface area contributed by atoms with Gasteiger partial charge in [0.25, 0.3) is 0 Å². The summed E-state index contributed by atoms with van der Waals surface area (Å²) < 4.78 is 17.7. The Morgan fingerprint density at radius 1 is 1.41 bits per heavy atom. The molecule has 0 fully saturated rings. The highest BCUT2D eigenvalue weighted by Crippen LogP contribution is 2.17. The number of thiazole rings is 1. The summed E-state index contributed by atoms with van der Waals surface area (Å²) in [5, 5.41) is 3.36. The summed E-state index contributed by atoms with van der Waals surface area (Å²) in [6.07, 6.45) is 1.21. The predicted octanol–water partition coefficient (Wildman–Crippen LogP) is 3.79. The third-order valence-electron chi connectivity index (χ3n) is 2.08. The molecule has 2 aromatic rings. The molecule has 0 radical (unpaired) electrons. The lowest BCUT2D eigenvalue weighted by atomic mass is 10.2. The van der Waals surface area contributed by atoms with Crippen LogP contribution in [-0.2, 0) is 6.54 Å². The van der Waals surface area contributed by atoms with Crippen molar-refractivity contribution in [2.75, 3.05) is 12.4 Å². The van der Waals surface area contributed by atoms with Gasteiger partial charge in [0.1, 0.15) is 5.75 Å².